The van der Waals surface area contributed by atoms with Gasteiger partial charge in [0.2, 0.25) is 0 Å². The summed E-state index contributed by atoms with van der Waals surface area (Å²) < 4.78 is 13.2. The van der Waals surface area contributed by atoms with Gasteiger partial charge in [-0.2, -0.15) is 0 Å². The Morgan fingerprint density at radius 1 is 1.21 bits per heavy atom. The minimum atomic E-state index is -0.163. The number of benzene rings is 1. The van der Waals surface area contributed by atoms with Gasteiger partial charge in [0.1, 0.15) is 5.82 Å². The summed E-state index contributed by atoms with van der Waals surface area (Å²) >= 11 is 0. The molecule has 19 heavy (non-hydrogen) atoms. The molecule has 2 fully saturated rings. The summed E-state index contributed by atoms with van der Waals surface area (Å²) in [6.45, 7) is 0. The fraction of sp³-hybridized carbons (Fsp3) is 0.500. The first-order valence-corrected chi connectivity index (χ1v) is 7.21. The fourth-order valence-electron chi connectivity index (χ4n) is 4.12. The van der Waals surface area contributed by atoms with Crippen LogP contribution in [0.15, 0.2) is 24.4 Å². The number of H-pyrrole nitrogens is 1. The zero-order chi connectivity index (χ0) is 13.0. The lowest BCUT2D eigenvalue weighted by Gasteiger charge is -2.36. The Kier molecular flexibility index (Phi) is 2.46. The molecule has 3 heteroatoms. The van der Waals surface area contributed by atoms with E-state index in [4.69, 9.17) is 0 Å². The van der Waals surface area contributed by atoms with Gasteiger partial charge in [-0.05, 0) is 62.4 Å². The number of rotatable bonds is 1. The number of nitrogens with zero attached hydrogens (tertiary/aromatic N) is 1. The summed E-state index contributed by atoms with van der Waals surface area (Å²) in [6.07, 6.45) is 7.28. The average molecular weight is 258 g/mol. The van der Waals surface area contributed by atoms with Crippen molar-refractivity contribution in [1.82, 2.24) is 9.88 Å². The summed E-state index contributed by atoms with van der Waals surface area (Å²) in [4.78, 5) is 5.79. The number of piperidine rings is 1. The SMILES string of the molecule is CN1C2CCC1CC(c1c[nH]c3cc(F)ccc13)C2. The molecule has 1 N–H and O–H groups in total. The molecule has 0 aliphatic carbocycles. The number of nitrogens with one attached hydrogen (secondary N) is 1. The van der Waals surface area contributed by atoms with Gasteiger partial charge >= 0.3 is 0 Å². The zero-order valence-corrected chi connectivity index (χ0v) is 11.2. The molecular formula is C16H19FN2. The van der Waals surface area contributed by atoms with Crippen molar-refractivity contribution < 1.29 is 4.39 Å². The Morgan fingerprint density at radius 3 is 2.68 bits per heavy atom. The molecule has 0 amide bonds. The van der Waals surface area contributed by atoms with Crippen LogP contribution in [0, 0.1) is 5.82 Å². The van der Waals surface area contributed by atoms with Gasteiger partial charge in [-0.1, -0.05) is 0 Å². The predicted octanol–water partition coefficient (Wildman–Crippen LogP) is 3.65. The van der Waals surface area contributed by atoms with E-state index in [1.807, 2.05) is 6.07 Å². The van der Waals surface area contributed by atoms with Crippen LogP contribution in [0.1, 0.15) is 37.2 Å². The Hall–Kier alpha value is -1.35. The number of fused-ring (bicyclic) bond motifs is 3. The molecule has 0 spiro atoms. The highest BCUT2D eigenvalue weighted by Gasteiger charge is 2.39. The van der Waals surface area contributed by atoms with E-state index in [1.54, 1.807) is 12.1 Å². The molecule has 2 unspecified atom stereocenters. The predicted molar refractivity (Wildman–Crippen MR) is 74.8 cm³/mol. The number of aromatic nitrogens is 1. The molecule has 2 aliphatic heterocycles. The molecule has 2 bridgehead atoms. The van der Waals surface area contributed by atoms with Crippen LogP contribution in [0.25, 0.3) is 10.9 Å². The quantitative estimate of drug-likeness (QED) is 0.827. The molecule has 3 heterocycles. The van der Waals surface area contributed by atoms with E-state index in [2.05, 4.69) is 23.1 Å². The topological polar surface area (TPSA) is 19.0 Å². The first-order valence-electron chi connectivity index (χ1n) is 7.21. The second-order valence-corrected chi connectivity index (χ2v) is 6.15. The van der Waals surface area contributed by atoms with Crippen molar-refractivity contribution in [2.45, 2.75) is 43.7 Å². The smallest absolute Gasteiger partial charge is 0.125 e. The van der Waals surface area contributed by atoms with Gasteiger partial charge in [-0.3, -0.25) is 0 Å². The van der Waals surface area contributed by atoms with Gasteiger partial charge in [0.15, 0.2) is 0 Å². The third kappa shape index (κ3) is 1.71. The minimum Gasteiger partial charge on any atom is -0.361 e. The molecule has 2 atom stereocenters. The van der Waals surface area contributed by atoms with Crippen LogP contribution in [0.2, 0.25) is 0 Å². The highest BCUT2D eigenvalue weighted by Crippen LogP contribution is 2.43. The first-order chi connectivity index (χ1) is 9.22. The van der Waals surface area contributed by atoms with Crippen molar-refractivity contribution in [3.05, 3.63) is 35.8 Å². The van der Waals surface area contributed by atoms with Crippen LogP contribution in [0.3, 0.4) is 0 Å². The average Bonchev–Trinajstić information content (AvgIpc) is 2.87. The molecule has 100 valence electrons. The van der Waals surface area contributed by atoms with E-state index in [-0.39, 0.29) is 5.82 Å². The van der Waals surface area contributed by atoms with Crippen molar-refractivity contribution in [2.24, 2.45) is 0 Å². The molecule has 4 rings (SSSR count). The Morgan fingerprint density at radius 2 is 1.95 bits per heavy atom. The van der Waals surface area contributed by atoms with Crippen LogP contribution < -0.4 is 0 Å². The molecule has 0 saturated carbocycles. The monoisotopic (exact) mass is 258 g/mol. The lowest BCUT2D eigenvalue weighted by atomic mass is 9.85. The molecule has 1 aromatic heterocycles. The second kappa shape index (κ2) is 4.07. The third-order valence-corrected chi connectivity index (χ3v) is 5.21. The van der Waals surface area contributed by atoms with E-state index in [9.17, 15) is 4.39 Å². The summed E-state index contributed by atoms with van der Waals surface area (Å²) in [5.74, 6) is 0.470. The fourth-order valence-corrected chi connectivity index (χ4v) is 4.12. The molecule has 2 aliphatic rings. The van der Waals surface area contributed by atoms with E-state index >= 15 is 0 Å². The minimum absolute atomic E-state index is 0.163. The van der Waals surface area contributed by atoms with Gasteiger partial charge in [0, 0.05) is 29.2 Å². The molecular weight excluding hydrogens is 239 g/mol. The highest BCUT2D eigenvalue weighted by molar-refractivity contribution is 5.83. The van der Waals surface area contributed by atoms with Gasteiger partial charge in [0.25, 0.3) is 0 Å². The molecule has 2 saturated heterocycles. The van der Waals surface area contributed by atoms with Crippen LogP contribution in [0.4, 0.5) is 4.39 Å². The van der Waals surface area contributed by atoms with E-state index in [1.165, 1.54) is 36.6 Å². The Balaban J connectivity index is 1.72. The van der Waals surface area contributed by atoms with Crippen molar-refractivity contribution in [2.75, 3.05) is 7.05 Å². The maximum Gasteiger partial charge on any atom is 0.125 e. The Bertz CT molecular complexity index is 604. The van der Waals surface area contributed by atoms with Crippen LogP contribution >= 0.6 is 0 Å². The summed E-state index contributed by atoms with van der Waals surface area (Å²) in [5, 5.41) is 1.20. The number of halogens is 1. The lowest BCUT2D eigenvalue weighted by molar-refractivity contribution is 0.162. The van der Waals surface area contributed by atoms with Crippen LogP contribution in [-0.2, 0) is 0 Å². The van der Waals surface area contributed by atoms with Gasteiger partial charge < -0.3 is 9.88 Å². The standard InChI is InChI=1S/C16H19FN2/c1-19-12-3-4-13(19)7-10(6-12)15-9-18-16-8-11(17)2-5-14(15)16/h2,5,8-10,12-13,18H,3-4,6-7H2,1H3. The normalized spacial score (nSPS) is 31.2. The third-order valence-electron chi connectivity index (χ3n) is 5.21. The van der Waals surface area contributed by atoms with Gasteiger partial charge in [-0.15, -0.1) is 0 Å². The molecule has 1 aromatic carbocycles. The summed E-state index contributed by atoms with van der Waals surface area (Å²) in [7, 11) is 2.27. The first kappa shape index (κ1) is 11.5. The van der Waals surface area contributed by atoms with Crippen molar-refractivity contribution >= 4 is 10.9 Å². The number of hydrogen-bond donors (Lipinski definition) is 1. The number of aromatic amines is 1. The van der Waals surface area contributed by atoms with Crippen LogP contribution in [-0.4, -0.2) is 29.0 Å². The lowest BCUT2D eigenvalue weighted by Crippen LogP contribution is -2.39. The van der Waals surface area contributed by atoms with E-state index < -0.39 is 0 Å². The number of hydrogen-bond acceptors (Lipinski definition) is 1. The molecule has 2 aromatic rings. The van der Waals surface area contributed by atoms with Crippen molar-refractivity contribution in [3.8, 4) is 0 Å². The maximum atomic E-state index is 13.2. The van der Waals surface area contributed by atoms with Gasteiger partial charge in [-0.25, -0.2) is 4.39 Å². The summed E-state index contributed by atoms with van der Waals surface area (Å²) in [6, 6.07) is 6.59. The van der Waals surface area contributed by atoms with Crippen molar-refractivity contribution in [3.63, 3.8) is 0 Å². The van der Waals surface area contributed by atoms with Crippen LogP contribution in [0.5, 0.6) is 0 Å². The largest absolute Gasteiger partial charge is 0.361 e. The van der Waals surface area contributed by atoms with E-state index in [0.29, 0.717) is 5.92 Å². The van der Waals surface area contributed by atoms with E-state index in [0.717, 1.165) is 17.6 Å². The zero-order valence-electron chi connectivity index (χ0n) is 11.2. The molecule has 2 nitrogen and oxygen atoms in total. The Labute approximate surface area is 112 Å². The van der Waals surface area contributed by atoms with Crippen molar-refractivity contribution in [1.29, 1.82) is 0 Å². The van der Waals surface area contributed by atoms with Gasteiger partial charge in [0.05, 0.1) is 0 Å². The second-order valence-electron chi connectivity index (χ2n) is 6.15. The summed E-state index contributed by atoms with van der Waals surface area (Å²) in [5.41, 5.74) is 2.32. The highest BCUT2D eigenvalue weighted by atomic mass is 19.1. The maximum absolute atomic E-state index is 13.2. The molecule has 0 radical (unpaired) electrons.